The summed E-state index contributed by atoms with van der Waals surface area (Å²) in [6.07, 6.45) is 6.05. The van der Waals surface area contributed by atoms with Crippen molar-refractivity contribution < 1.29 is 9.53 Å². The summed E-state index contributed by atoms with van der Waals surface area (Å²) in [6.45, 7) is 9.63. The first-order chi connectivity index (χ1) is 9.54. The summed E-state index contributed by atoms with van der Waals surface area (Å²) in [4.78, 5) is 12.2. The monoisotopic (exact) mass is 284 g/mol. The van der Waals surface area contributed by atoms with Gasteiger partial charge in [0, 0.05) is 18.7 Å². The molecule has 1 amide bonds. The molecule has 118 valence electrons. The minimum Gasteiger partial charge on any atom is -0.380 e. The lowest BCUT2D eigenvalue weighted by Gasteiger charge is -2.28. The van der Waals surface area contributed by atoms with Gasteiger partial charge >= 0.3 is 0 Å². The van der Waals surface area contributed by atoms with E-state index in [1.54, 1.807) is 0 Å². The molecule has 0 aromatic heterocycles. The van der Waals surface area contributed by atoms with Crippen molar-refractivity contribution in [3.63, 3.8) is 0 Å². The molecule has 0 aromatic rings. The lowest BCUT2D eigenvalue weighted by atomic mass is 9.95. The predicted molar refractivity (Wildman–Crippen MR) is 82.7 cm³/mol. The van der Waals surface area contributed by atoms with E-state index in [1.807, 2.05) is 13.8 Å². The number of ether oxygens (including phenoxy) is 1. The number of hydrogen-bond donors (Lipinski definition) is 2. The van der Waals surface area contributed by atoms with Crippen LogP contribution in [-0.4, -0.2) is 37.2 Å². The average Bonchev–Trinajstić information content (AvgIpc) is 2.43. The summed E-state index contributed by atoms with van der Waals surface area (Å²) >= 11 is 0. The Morgan fingerprint density at radius 3 is 2.40 bits per heavy atom. The summed E-state index contributed by atoms with van der Waals surface area (Å²) < 4.78 is 5.49. The van der Waals surface area contributed by atoms with Gasteiger partial charge in [-0.05, 0) is 32.6 Å². The normalized spacial score (nSPS) is 19.9. The zero-order chi connectivity index (χ0) is 15.0. The number of rotatable bonds is 8. The van der Waals surface area contributed by atoms with Crippen molar-refractivity contribution in [2.24, 2.45) is 5.92 Å². The van der Waals surface area contributed by atoms with Crippen LogP contribution in [-0.2, 0) is 9.53 Å². The first-order valence-corrected chi connectivity index (χ1v) is 8.18. The van der Waals surface area contributed by atoms with Crippen LogP contribution in [0.5, 0.6) is 0 Å². The maximum Gasteiger partial charge on any atom is 0.237 e. The molecule has 4 nitrogen and oxygen atoms in total. The lowest BCUT2D eigenvalue weighted by molar-refractivity contribution is -0.124. The van der Waals surface area contributed by atoms with Gasteiger partial charge in [-0.25, -0.2) is 0 Å². The van der Waals surface area contributed by atoms with E-state index in [1.165, 1.54) is 19.3 Å². The third kappa shape index (κ3) is 6.23. The molecule has 0 spiro atoms. The largest absolute Gasteiger partial charge is 0.380 e. The van der Waals surface area contributed by atoms with E-state index >= 15 is 0 Å². The van der Waals surface area contributed by atoms with E-state index in [4.69, 9.17) is 4.74 Å². The van der Waals surface area contributed by atoms with Crippen LogP contribution >= 0.6 is 0 Å². The molecule has 4 heteroatoms. The fourth-order valence-corrected chi connectivity index (χ4v) is 2.65. The van der Waals surface area contributed by atoms with Crippen molar-refractivity contribution in [3.05, 3.63) is 0 Å². The van der Waals surface area contributed by atoms with Crippen molar-refractivity contribution in [1.82, 2.24) is 10.6 Å². The van der Waals surface area contributed by atoms with Crippen LogP contribution in [0.3, 0.4) is 0 Å². The van der Waals surface area contributed by atoms with Gasteiger partial charge in [-0.15, -0.1) is 0 Å². The minimum absolute atomic E-state index is 0.124. The Morgan fingerprint density at radius 2 is 1.85 bits per heavy atom. The molecular formula is C16H32N2O2. The molecule has 0 aromatic carbocycles. The molecule has 2 N–H and O–H groups in total. The van der Waals surface area contributed by atoms with Crippen molar-refractivity contribution in [2.75, 3.05) is 13.2 Å². The molecule has 1 aliphatic carbocycles. The highest BCUT2D eigenvalue weighted by Gasteiger charge is 2.23. The van der Waals surface area contributed by atoms with Gasteiger partial charge in [0.15, 0.2) is 0 Å². The van der Waals surface area contributed by atoms with Crippen molar-refractivity contribution in [3.8, 4) is 0 Å². The molecule has 2 unspecified atom stereocenters. The highest BCUT2D eigenvalue weighted by molar-refractivity contribution is 5.81. The molecule has 1 rings (SSSR count). The fraction of sp³-hybridized carbons (Fsp3) is 0.938. The van der Waals surface area contributed by atoms with Crippen LogP contribution in [0, 0.1) is 5.92 Å². The number of hydrogen-bond acceptors (Lipinski definition) is 3. The first-order valence-electron chi connectivity index (χ1n) is 8.18. The molecule has 1 saturated carbocycles. The van der Waals surface area contributed by atoms with E-state index in [0.717, 1.165) is 12.8 Å². The topological polar surface area (TPSA) is 50.4 Å². The minimum atomic E-state index is -0.162. The molecule has 1 aliphatic rings. The van der Waals surface area contributed by atoms with Gasteiger partial charge in [0.25, 0.3) is 0 Å². The summed E-state index contributed by atoms with van der Waals surface area (Å²) in [5.41, 5.74) is 0. The molecule has 0 bridgehead atoms. The Balaban J connectivity index is 2.37. The SMILES string of the molecule is CCOCC(NC(C)C(=O)NC1CCCCC1)C(C)C. The van der Waals surface area contributed by atoms with E-state index in [2.05, 4.69) is 24.5 Å². The Labute approximate surface area is 124 Å². The molecule has 0 heterocycles. The third-order valence-electron chi connectivity index (χ3n) is 4.12. The van der Waals surface area contributed by atoms with E-state index in [9.17, 15) is 4.79 Å². The van der Waals surface area contributed by atoms with Gasteiger partial charge in [-0.3, -0.25) is 4.79 Å². The summed E-state index contributed by atoms with van der Waals surface area (Å²) in [5, 5.41) is 6.58. The van der Waals surface area contributed by atoms with E-state index in [-0.39, 0.29) is 18.0 Å². The van der Waals surface area contributed by atoms with Crippen LogP contribution in [0.1, 0.15) is 59.8 Å². The Hall–Kier alpha value is -0.610. The Bertz CT molecular complexity index is 276. The van der Waals surface area contributed by atoms with Crippen LogP contribution in [0.15, 0.2) is 0 Å². The highest BCUT2D eigenvalue weighted by Crippen LogP contribution is 2.17. The molecule has 20 heavy (non-hydrogen) atoms. The van der Waals surface area contributed by atoms with Crippen molar-refractivity contribution in [2.45, 2.75) is 77.9 Å². The van der Waals surface area contributed by atoms with Crippen LogP contribution < -0.4 is 10.6 Å². The second-order valence-corrected chi connectivity index (χ2v) is 6.24. The summed E-state index contributed by atoms with van der Waals surface area (Å²) in [5.74, 6) is 0.575. The van der Waals surface area contributed by atoms with Crippen LogP contribution in [0.4, 0.5) is 0 Å². The summed E-state index contributed by atoms with van der Waals surface area (Å²) in [6, 6.07) is 0.441. The predicted octanol–water partition coefficient (Wildman–Crippen LogP) is 2.47. The van der Waals surface area contributed by atoms with Crippen LogP contribution in [0.2, 0.25) is 0 Å². The van der Waals surface area contributed by atoms with E-state index < -0.39 is 0 Å². The quantitative estimate of drug-likeness (QED) is 0.720. The first kappa shape index (κ1) is 17.4. The molecule has 0 aliphatic heterocycles. The highest BCUT2D eigenvalue weighted by atomic mass is 16.5. The molecule has 0 saturated heterocycles. The fourth-order valence-electron chi connectivity index (χ4n) is 2.65. The average molecular weight is 284 g/mol. The molecule has 2 atom stereocenters. The molecule has 1 fully saturated rings. The molecule has 0 radical (unpaired) electrons. The van der Waals surface area contributed by atoms with E-state index in [0.29, 0.717) is 25.2 Å². The van der Waals surface area contributed by atoms with Gasteiger partial charge in [0.1, 0.15) is 0 Å². The summed E-state index contributed by atoms with van der Waals surface area (Å²) in [7, 11) is 0. The van der Waals surface area contributed by atoms with Gasteiger partial charge in [0.05, 0.1) is 12.6 Å². The number of carbonyl (C=O) groups excluding carboxylic acids is 1. The third-order valence-corrected chi connectivity index (χ3v) is 4.12. The van der Waals surface area contributed by atoms with Gasteiger partial charge in [-0.1, -0.05) is 33.1 Å². The Morgan fingerprint density at radius 1 is 1.20 bits per heavy atom. The number of carbonyl (C=O) groups is 1. The van der Waals surface area contributed by atoms with Gasteiger partial charge < -0.3 is 15.4 Å². The van der Waals surface area contributed by atoms with Crippen molar-refractivity contribution >= 4 is 5.91 Å². The maximum atomic E-state index is 12.2. The second-order valence-electron chi connectivity index (χ2n) is 6.24. The van der Waals surface area contributed by atoms with Crippen LogP contribution in [0.25, 0.3) is 0 Å². The zero-order valence-corrected chi connectivity index (χ0v) is 13.6. The smallest absolute Gasteiger partial charge is 0.237 e. The number of amides is 1. The molecular weight excluding hydrogens is 252 g/mol. The van der Waals surface area contributed by atoms with Crippen molar-refractivity contribution in [1.29, 1.82) is 0 Å². The number of nitrogens with one attached hydrogen (secondary N) is 2. The van der Waals surface area contributed by atoms with Gasteiger partial charge in [-0.2, -0.15) is 0 Å². The second kappa shape index (κ2) is 9.35. The zero-order valence-electron chi connectivity index (χ0n) is 13.6. The lowest BCUT2D eigenvalue weighted by Crippen LogP contribution is -2.52. The Kier molecular flexibility index (Phi) is 8.15. The standard InChI is InChI=1S/C16H32N2O2/c1-5-20-11-15(12(2)3)17-13(4)16(19)18-14-9-7-6-8-10-14/h12-15,17H,5-11H2,1-4H3,(H,18,19). The van der Waals surface area contributed by atoms with Gasteiger partial charge in [0.2, 0.25) is 5.91 Å². The maximum absolute atomic E-state index is 12.2.